The summed E-state index contributed by atoms with van der Waals surface area (Å²) in [4.78, 5) is 21.9. The lowest BCUT2D eigenvalue weighted by Crippen LogP contribution is -2.41. The van der Waals surface area contributed by atoms with Gasteiger partial charge in [0.15, 0.2) is 0 Å². The number of hydrogen-bond donors (Lipinski definition) is 1. The molecule has 1 atom stereocenters. The van der Waals surface area contributed by atoms with E-state index in [0.717, 1.165) is 30.4 Å². The number of likely N-dealkylation sites (tertiary alicyclic amines) is 1. The van der Waals surface area contributed by atoms with E-state index in [2.05, 4.69) is 9.97 Å². The fourth-order valence-corrected chi connectivity index (χ4v) is 3.38. The van der Waals surface area contributed by atoms with Gasteiger partial charge in [-0.05, 0) is 55.3 Å². The number of hydrogen-bond acceptors (Lipinski definition) is 3. The van der Waals surface area contributed by atoms with E-state index in [1.54, 1.807) is 18.5 Å². The van der Waals surface area contributed by atoms with E-state index < -0.39 is 0 Å². The number of imidazole rings is 1. The number of piperidine rings is 1. The maximum Gasteiger partial charge on any atom is 0.253 e. The Morgan fingerprint density at radius 3 is 2.96 bits per heavy atom. The third kappa shape index (κ3) is 3.54. The van der Waals surface area contributed by atoms with E-state index in [1.165, 1.54) is 12.1 Å². The Kier molecular flexibility index (Phi) is 4.56. The quantitative estimate of drug-likeness (QED) is 0.779. The summed E-state index contributed by atoms with van der Waals surface area (Å²) in [5.74, 6) is 0.683. The number of ether oxygens (including phenoxy) is 1. The third-order valence-corrected chi connectivity index (χ3v) is 4.77. The number of benzene rings is 2. The second kappa shape index (κ2) is 7.15. The first-order valence-electron chi connectivity index (χ1n) is 8.80. The van der Waals surface area contributed by atoms with Crippen molar-refractivity contribution < 1.29 is 13.9 Å². The van der Waals surface area contributed by atoms with Crippen molar-refractivity contribution in [2.75, 3.05) is 19.7 Å². The van der Waals surface area contributed by atoms with Crippen LogP contribution in [0.4, 0.5) is 4.39 Å². The second-order valence-electron chi connectivity index (χ2n) is 6.66. The number of rotatable bonds is 4. The molecule has 0 saturated carbocycles. The highest BCUT2D eigenvalue weighted by Gasteiger charge is 2.25. The molecule has 0 spiro atoms. The molecule has 6 heteroatoms. The topological polar surface area (TPSA) is 58.2 Å². The number of aromatic nitrogens is 2. The minimum atomic E-state index is -0.277. The van der Waals surface area contributed by atoms with Gasteiger partial charge in [-0.25, -0.2) is 9.37 Å². The summed E-state index contributed by atoms with van der Waals surface area (Å²) in [6, 6.07) is 11.6. The molecule has 134 valence electrons. The molecule has 4 rings (SSSR count). The van der Waals surface area contributed by atoms with Gasteiger partial charge in [-0.1, -0.05) is 0 Å². The number of aromatic amines is 1. The number of fused-ring (bicyclic) bond motifs is 1. The molecule has 1 saturated heterocycles. The number of carbonyl (C=O) groups is 1. The highest BCUT2D eigenvalue weighted by Crippen LogP contribution is 2.21. The van der Waals surface area contributed by atoms with Gasteiger partial charge in [0, 0.05) is 24.6 Å². The fraction of sp³-hybridized carbons (Fsp3) is 0.300. The summed E-state index contributed by atoms with van der Waals surface area (Å²) < 4.78 is 18.7. The van der Waals surface area contributed by atoms with Crippen LogP contribution in [0, 0.1) is 11.7 Å². The number of nitrogens with zero attached hydrogens (tertiary/aromatic N) is 2. The minimum Gasteiger partial charge on any atom is -0.493 e. The van der Waals surface area contributed by atoms with Crippen LogP contribution in [-0.2, 0) is 0 Å². The average Bonchev–Trinajstić information content (AvgIpc) is 3.15. The lowest BCUT2D eigenvalue weighted by Gasteiger charge is -2.32. The number of halogens is 1. The van der Waals surface area contributed by atoms with Crippen molar-refractivity contribution in [3.8, 4) is 5.75 Å². The van der Waals surface area contributed by atoms with Gasteiger partial charge in [0.1, 0.15) is 11.6 Å². The molecule has 2 heterocycles. The van der Waals surface area contributed by atoms with E-state index in [4.69, 9.17) is 4.74 Å². The van der Waals surface area contributed by atoms with Gasteiger partial charge in [-0.15, -0.1) is 0 Å². The van der Waals surface area contributed by atoms with Crippen molar-refractivity contribution in [1.29, 1.82) is 0 Å². The first-order chi connectivity index (χ1) is 12.7. The summed E-state index contributed by atoms with van der Waals surface area (Å²) in [5, 5.41) is 0. The van der Waals surface area contributed by atoms with Crippen LogP contribution in [0.5, 0.6) is 5.75 Å². The van der Waals surface area contributed by atoms with Gasteiger partial charge in [0.05, 0.1) is 24.0 Å². The van der Waals surface area contributed by atoms with Crippen LogP contribution in [-0.4, -0.2) is 40.5 Å². The van der Waals surface area contributed by atoms with Crippen LogP contribution in [0.15, 0.2) is 48.8 Å². The first kappa shape index (κ1) is 16.6. The monoisotopic (exact) mass is 353 g/mol. The Labute approximate surface area is 150 Å². The molecule has 0 radical (unpaired) electrons. The van der Waals surface area contributed by atoms with Crippen LogP contribution in [0.25, 0.3) is 11.0 Å². The molecule has 3 aromatic rings. The lowest BCUT2D eigenvalue weighted by atomic mass is 9.98. The van der Waals surface area contributed by atoms with Crippen LogP contribution < -0.4 is 4.74 Å². The van der Waals surface area contributed by atoms with Crippen molar-refractivity contribution in [3.05, 3.63) is 60.2 Å². The molecule has 1 aliphatic heterocycles. The smallest absolute Gasteiger partial charge is 0.253 e. The van der Waals surface area contributed by atoms with Crippen LogP contribution in [0.2, 0.25) is 0 Å². The SMILES string of the molecule is O=C(c1ccc2nc[nH]c2c1)N1CCC[C@@H](COc2ccc(F)cc2)C1. The van der Waals surface area contributed by atoms with Gasteiger partial charge in [-0.2, -0.15) is 0 Å². The highest BCUT2D eigenvalue weighted by atomic mass is 19.1. The standard InChI is InChI=1S/C20H20FN3O2/c21-16-4-6-17(7-5-16)26-12-14-2-1-9-24(11-14)20(25)15-3-8-18-19(10-15)23-13-22-18/h3-8,10,13-14H,1-2,9,11-12H2,(H,22,23)/t14-/m1/s1. The van der Waals surface area contributed by atoms with Gasteiger partial charge < -0.3 is 14.6 Å². The average molecular weight is 353 g/mol. The molecule has 1 amide bonds. The molecule has 5 nitrogen and oxygen atoms in total. The van der Waals surface area contributed by atoms with Crippen LogP contribution >= 0.6 is 0 Å². The van der Waals surface area contributed by atoms with Crippen molar-refractivity contribution >= 4 is 16.9 Å². The zero-order valence-corrected chi connectivity index (χ0v) is 14.3. The fourth-order valence-electron chi connectivity index (χ4n) is 3.38. The van der Waals surface area contributed by atoms with E-state index >= 15 is 0 Å². The van der Waals surface area contributed by atoms with Crippen molar-refractivity contribution in [2.45, 2.75) is 12.8 Å². The second-order valence-corrected chi connectivity index (χ2v) is 6.66. The molecule has 26 heavy (non-hydrogen) atoms. The predicted molar refractivity (Wildman–Crippen MR) is 96.6 cm³/mol. The molecular formula is C20H20FN3O2. The Bertz CT molecular complexity index is 907. The molecule has 1 aromatic heterocycles. The Morgan fingerprint density at radius 1 is 1.27 bits per heavy atom. The van der Waals surface area contributed by atoms with Gasteiger partial charge >= 0.3 is 0 Å². The van der Waals surface area contributed by atoms with Crippen molar-refractivity contribution in [2.24, 2.45) is 5.92 Å². The summed E-state index contributed by atoms with van der Waals surface area (Å²) >= 11 is 0. The summed E-state index contributed by atoms with van der Waals surface area (Å²) in [7, 11) is 0. The summed E-state index contributed by atoms with van der Waals surface area (Å²) in [6.45, 7) is 1.95. The molecular weight excluding hydrogens is 333 g/mol. The van der Waals surface area contributed by atoms with Gasteiger partial charge in [0.25, 0.3) is 5.91 Å². The number of carbonyl (C=O) groups excluding carboxylic acids is 1. The number of H-pyrrole nitrogens is 1. The van der Waals surface area contributed by atoms with Crippen molar-refractivity contribution in [3.63, 3.8) is 0 Å². The highest BCUT2D eigenvalue weighted by molar-refractivity contribution is 5.97. The Morgan fingerprint density at radius 2 is 2.12 bits per heavy atom. The van der Waals surface area contributed by atoms with Gasteiger partial charge in [-0.3, -0.25) is 4.79 Å². The number of amides is 1. The zero-order valence-electron chi connectivity index (χ0n) is 14.3. The Balaban J connectivity index is 1.39. The van der Waals surface area contributed by atoms with Gasteiger partial charge in [0.2, 0.25) is 0 Å². The molecule has 0 bridgehead atoms. The third-order valence-electron chi connectivity index (χ3n) is 4.77. The maximum atomic E-state index is 13.0. The molecule has 2 aromatic carbocycles. The molecule has 0 aliphatic carbocycles. The van der Waals surface area contributed by atoms with E-state index in [9.17, 15) is 9.18 Å². The molecule has 1 fully saturated rings. The predicted octanol–water partition coefficient (Wildman–Crippen LogP) is 3.63. The molecule has 1 N–H and O–H groups in total. The molecule has 0 unspecified atom stereocenters. The molecule has 1 aliphatic rings. The van der Waals surface area contributed by atoms with Crippen LogP contribution in [0.3, 0.4) is 0 Å². The van der Waals surface area contributed by atoms with E-state index in [1.807, 2.05) is 23.1 Å². The summed E-state index contributed by atoms with van der Waals surface area (Å²) in [5.41, 5.74) is 2.39. The van der Waals surface area contributed by atoms with E-state index in [-0.39, 0.29) is 17.6 Å². The Hall–Kier alpha value is -2.89. The lowest BCUT2D eigenvalue weighted by molar-refractivity contribution is 0.0633. The first-order valence-corrected chi connectivity index (χ1v) is 8.80. The van der Waals surface area contributed by atoms with E-state index in [0.29, 0.717) is 24.5 Å². The van der Waals surface area contributed by atoms with Crippen molar-refractivity contribution in [1.82, 2.24) is 14.9 Å². The van der Waals surface area contributed by atoms with Crippen LogP contribution in [0.1, 0.15) is 23.2 Å². The minimum absolute atomic E-state index is 0.0352. The number of nitrogens with one attached hydrogen (secondary N) is 1. The largest absolute Gasteiger partial charge is 0.493 e. The normalized spacial score (nSPS) is 17.4. The zero-order chi connectivity index (χ0) is 17.9. The maximum absolute atomic E-state index is 13.0. The summed E-state index contributed by atoms with van der Waals surface area (Å²) in [6.07, 6.45) is 3.60.